The van der Waals surface area contributed by atoms with Gasteiger partial charge in [0.15, 0.2) is 0 Å². The summed E-state index contributed by atoms with van der Waals surface area (Å²) < 4.78 is 2.55. The Kier molecular flexibility index (Phi) is 4.77. The van der Waals surface area contributed by atoms with Crippen LogP contribution in [0.2, 0.25) is 0 Å². The lowest BCUT2D eigenvalue weighted by Crippen LogP contribution is -2.54. The number of carbonyl (C=O) groups is 3. The van der Waals surface area contributed by atoms with E-state index in [1.807, 2.05) is 0 Å². The summed E-state index contributed by atoms with van der Waals surface area (Å²) in [5, 5.41) is 11.7. The Balaban J connectivity index is 1.73. The number of halogens is 1. The van der Waals surface area contributed by atoms with Crippen molar-refractivity contribution in [3.8, 4) is 11.4 Å². The third-order valence-electron chi connectivity index (χ3n) is 4.39. The molecule has 0 unspecified atom stereocenters. The van der Waals surface area contributed by atoms with Crippen LogP contribution in [0.3, 0.4) is 0 Å². The number of barbiturate groups is 1. The van der Waals surface area contributed by atoms with Crippen molar-refractivity contribution in [3.63, 3.8) is 0 Å². The molecule has 0 saturated carbocycles. The molecule has 0 atom stereocenters. The second kappa shape index (κ2) is 7.40. The maximum Gasteiger partial charge on any atom is 0.335 e. The molecule has 0 aliphatic carbocycles. The average molecular weight is 452 g/mol. The van der Waals surface area contributed by atoms with Gasteiger partial charge in [0.1, 0.15) is 11.3 Å². The van der Waals surface area contributed by atoms with Gasteiger partial charge in [0.25, 0.3) is 11.8 Å². The topological polar surface area (TPSA) is 91.6 Å². The minimum absolute atomic E-state index is 0.131. The maximum absolute atomic E-state index is 13.0. The number of hydrogen-bond donors (Lipinski definition) is 2. The van der Waals surface area contributed by atoms with Crippen molar-refractivity contribution in [1.29, 1.82) is 0 Å². The minimum Gasteiger partial charge on any atom is -0.508 e. The van der Waals surface area contributed by atoms with Gasteiger partial charge in [0, 0.05) is 22.1 Å². The quantitative estimate of drug-likeness (QED) is 0.469. The first-order valence-corrected chi connectivity index (χ1v) is 9.37. The molecule has 2 N–H and O–H groups in total. The van der Waals surface area contributed by atoms with E-state index in [2.05, 4.69) is 21.2 Å². The van der Waals surface area contributed by atoms with Crippen LogP contribution in [0.4, 0.5) is 10.5 Å². The highest BCUT2D eigenvalue weighted by Gasteiger charge is 2.36. The number of urea groups is 1. The van der Waals surface area contributed by atoms with Gasteiger partial charge in [0.05, 0.1) is 5.69 Å². The molecule has 7 nitrogen and oxygen atoms in total. The number of imide groups is 2. The number of aromatic nitrogens is 1. The van der Waals surface area contributed by atoms with E-state index in [1.165, 1.54) is 6.08 Å². The van der Waals surface area contributed by atoms with Crippen LogP contribution in [0.5, 0.6) is 5.75 Å². The molecule has 4 rings (SSSR count). The Hall–Kier alpha value is -3.65. The van der Waals surface area contributed by atoms with Gasteiger partial charge in [-0.25, -0.2) is 9.69 Å². The van der Waals surface area contributed by atoms with Crippen LogP contribution >= 0.6 is 15.9 Å². The summed E-state index contributed by atoms with van der Waals surface area (Å²) in [6, 6.07) is 15.8. The van der Waals surface area contributed by atoms with Gasteiger partial charge in [-0.2, -0.15) is 0 Å². The van der Waals surface area contributed by atoms with Gasteiger partial charge in [-0.1, -0.05) is 15.9 Å². The second-order valence-electron chi connectivity index (χ2n) is 6.25. The van der Waals surface area contributed by atoms with Crippen LogP contribution in [0.25, 0.3) is 11.8 Å². The number of nitrogens with one attached hydrogen (secondary N) is 1. The Bertz CT molecular complexity index is 1150. The van der Waals surface area contributed by atoms with Gasteiger partial charge in [-0.3, -0.25) is 14.9 Å². The standard InChI is InChI=1S/C21H14BrN3O4/c22-13-3-5-15(6-4-13)25-20(28)18(19(27)23-21(25)29)12-16-2-1-11-24(16)14-7-9-17(26)10-8-14/h1-12,26H,(H,23,27,29). The molecule has 29 heavy (non-hydrogen) atoms. The molecular formula is C21H14BrN3O4. The summed E-state index contributed by atoms with van der Waals surface area (Å²) in [5.74, 6) is -1.34. The van der Waals surface area contributed by atoms with E-state index in [0.29, 0.717) is 11.4 Å². The zero-order chi connectivity index (χ0) is 20.5. The van der Waals surface area contributed by atoms with E-state index in [1.54, 1.807) is 71.4 Å². The maximum atomic E-state index is 13.0. The fraction of sp³-hybridized carbons (Fsp3) is 0. The highest BCUT2D eigenvalue weighted by atomic mass is 79.9. The van der Waals surface area contributed by atoms with E-state index in [0.717, 1.165) is 15.1 Å². The molecule has 0 bridgehead atoms. The van der Waals surface area contributed by atoms with Gasteiger partial charge in [0.2, 0.25) is 0 Å². The van der Waals surface area contributed by atoms with Crippen molar-refractivity contribution >= 4 is 45.5 Å². The predicted molar refractivity (Wildman–Crippen MR) is 111 cm³/mol. The van der Waals surface area contributed by atoms with Crippen LogP contribution in [-0.4, -0.2) is 27.5 Å². The summed E-state index contributed by atoms with van der Waals surface area (Å²) in [7, 11) is 0. The molecule has 1 aliphatic rings. The first-order valence-electron chi connectivity index (χ1n) is 8.58. The molecule has 1 aromatic heterocycles. The first-order chi connectivity index (χ1) is 13.9. The fourth-order valence-electron chi connectivity index (χ4n) is 2.99. The zero-order valence-electron chi connectivity index (χ0n) is 14.9. The van der Waals surface area contributed by atoms with E-state index < -0.39 is 17.8 Å². The zero-order valence-corrected chi connectivity index (χ0v) is 16.5. The molecule has 2 aromatic carbocycles. The van der Waals surface area contributed by atoms with Crippen LogP contribution in [-0.2, 0) is 9.59 Å². The van der Waals surface area contributed by atoms with Crippen LogP contribution in [0.15, 0.2) is 76.9 Å². The Morgan fingerprint density at radius 1 is 0.897 bits per heavy atom. The summed E-state index contributed by atoms with van der Waals surface area (Å²) >= 11 is 3.31. The van der Waals surface area contributed by atoms with Crippen molar-refractivity contribution in [2.45, 2.75) is 0 Å². The van der Waals surface area contributed by atoms with Crippen molar-refractivity contribution in [3.05, 3.63) is 82.6 Å². The van der Waals surface area contributed by atoms with Gasteiger partial charge < -0.3 is 9.67 Å². The third-order valence-corrected chi connectivity index (χ3v) is 4.92. The lowest BCUT2D eigenvalue weighted by molar-refractivity contribution is -0.122. The Labute approximate surface area is 174 Å². The summed E-state index contributed by atoms with van der Waals surface area (Å²) in [6.45, 7) is 0. The van der Waals surface area contributed by atoms with Crippen LogP contribution in [0, 0.1) is 0 Å². The monoisotopic (exact) mass is 451 g/mol. The molecule has 3 aromatic rings. The van der Waals surface area contributed by atoms with Crippen molar-refractivity contribution in [1.82, 2.24) is 9.88 Å². The number of aromatic hydroxyl groups is 1. The average Bonchev–Trinajstić information content (AvgIpc) is 3.15. The summed E-state index contributed by atoms with van der Waals surface area (Å²) in [6.07, 6.45) is 3.20. The van der Waals surface area contributed by atoms with E-state index in [4.69, 9.17) is 0 Å². The number of carbonyl (C=O) groups excluding carboxylic acids is 3. The number of phenols is 1. The summed E-state index contributed by atoms with van der Waals surface area (Å²) in [4.78, 5) is 38.5. The van der Waals surface area contributed by atoms with Crippen molar-refractivity contribution < 1.29 is 19.5 Å². The molecule has 8 heteroatoms. The van der Waals surface area contributed by atoms with Crippen molar-refractivity contribution in [2.24, 2.45) is 0 Å². The lowest BCUT2D eigenvalue weighted by Gasteiger charge is -2.26. The fourth-order valence-corrected chi connectivity index (χ4v) is 3.25. The summed E-state index contributed by atoms with van der Waals surface area (Å²) in [5.41, 5.74) is 1.50. The number of amides is 4. The number of benzene rings is 2. The first kappa shape index (κ1) is 18.7. The lowest BCUT2D eigenvalue weighted by atomic mass is 10.1. The molecule has 144 valence electrons. The molecule has 4 amide bonds. The highest BCUT2D eigenvalue weighted by molar-refractivity contribution is 9.10. The number of phenolic OH excluding ortho intramolecular Hbond substituents is 1. The normalized spacial score (nSPS) is 15.7. The number of rotatable bonds is 3. The highest BCUT2D eigenvalue weighted by Crippen LogP contribution is 2.24. The molecule has 0 spiro atoms. The van der Waals surface area contributed by atoms with Crippen molar-refractivity contribution in [2.75, 3.05) is 4.90 Å². The number of anilines is 1. The van der Waals surface area contributed by atoms with Gasteiger partial charge in [-0.15, -0.1) is 0 Å². The predicted octanol–water partition coefficient (Wildman–Crippen LogP) is 3.61. The van der Waals surface area contributed by atoms with E-state index >= 15 is 0 Å². The SMILES string of the molecule is O=C1NC(=O)N(c2ccc(Br)cc2)C(=O)C1=Cc1cccn1-c1ccc(O)cc1. The smallest absolute Gasteiger partial charge is 0.335 e. The van der Waals surface area contributed by atoms with Gasteiger partial charge in [-0.05, 0) is 66.7 Å². The Morgan fingerprint density at radius 3 is 2.24 bits per heavy atom. The number of nitrogens with zero attached hydrogens (tertiary/aromatic N) is 2. The Morgan fingerprint density at radius 2 is 1.55 bits per heavy atom. The minimum atomic E-state index is -0.798. The van der Waals surface area contributed by atoms with Gasteiger partial charge >= 0.3 is 6.03 Å². The molecule has 0 radical (unpaired) electrons. The van der Waals surface area contributed by atoms with Crippen LogP contribution < -0.4 is 10.2 Å². The molecule has 1 saturated heterocycles. The molecule has 1 fully saturated rings. The van der Waals surface area contributed by atoms with Crippen LogP contribution in [0.1, 0.15) is 5.69 Å². The van der Waals surface area contributed by atoms with E-state index in [9.17, 15) is 19.5 Å². The molecular weight excluding hydrogens is 438 g/mol. The number of hydrogen-bond acceptors (Lipinski definition) is 4. The molecule has 1 aliphatic heterocycles. The third kappa shape index (κ3) is 3.57. The second-order valence-corrected chi connectivity index (χ2v) is 7.17. The molecule has 2 heterocycles. The van der Waals surface area contributed by atoms with E-state index in [-0.39, 0.29) is 11.3 Å². The largest absolute Gasteiger partial charge is 0.508 e.